The van der Waals surface area contributed by atoms with Gasteiger partial charge < -0.3 is 10.3 Å². The number of carbonyl (C=O) groups excluding carboxylic acids is 1. The number of aromatic amines is 1. The van der Waals surface area contributed by atoms with Crippen molar-refractivity contribution >= 4 is 28.4 Å². The number of nitrogens with one attached hydrogen (secondary N) is 2. The number of rotatable bonds is 4. The summed E-state index contributed by atoms with van der Waals surface area (Å²) in [7, 11) is 0. The van der Waals surface area contributed by atoms with Gasteiger partial charge in [-0.25, -0.2) is 0 Å². The molecule has 17 heavy (non-hydrogen) atoms. The van der Waals surface area contributed by atoms with Crippen LogP contribution in [0, 0.1) is 6.92 Å². The van der Waals surface area contributed by atoms with E-state index in [0.717, 1.165) is 16.8 Å². The van der Waals surface area contributed by atoms with Crippen LogP contribution in [0.3, 0.4) is 0 Å². The summed E-state index contributed by atoms with van der Waals surface area (Å²) in [4.78, 5) is 14.5. The Kier molecular flexibility index (Phi) is 3.69. The quantitative estimate of drug-likeness (QED) is 0.806. The van der Waals surface area contributed by atoms with Gasteiger partial charge >= 0.3 is 0 Å². The van der Waals surface area contributed by atoms with Crippen molar-refractivity contribution in [3.63, 3.8) is 0 Å². The van der Waals surface area contributed by atoms with E-state index in [1.165, 1.54) is 5.39 Å². The number of carbonyl (C=O) groups is 1. The van der Waals surface area contributed by atoms with Crippen LogP contribution in [0.4, 0.5) is 0 Å². The van der Waals surface area contributed by atoms with E-state index in [2.05, 4.69) is 22.4 Å². The Hall–Kier alpha value is -1.48. The van der Waals surface area contributed by atoms with E-state index in [-0.39, 0.29) is 5.91 Å². The summed E-state index contributed by atoms with van der Waals surface area (Å²) in [5.41, 5.74) is 3.36. The molecule has 0 aliphatic rings. The van der Waals surface area contributed by atoms with Crippen molar-refractivity contribution in [2.75, 3.05) is 5.88 Å². The molecular formula is C13H15ClN2O. The van der Waals surface area contributed by atoms with Crippen LogP contribution in [0.1, 0.15) is 17.7 Å². The molecule has 0 fully saturated rings. The number of halogens is 1. The lowest BCUT2D eigenvalue weighted by atomic mass is 10.1. The molecule has 1 amide bonds. The first kappa shape index (κ1) is 12.0. The van der Waals surface area contributed by atoms with E-state index in [1.807, 2.05) is 19.1 Å². The summed E-state index contributed by atoms with van der Waals surface area (Å²) >= 11 is 5.49. The van der Waals surface area contributed by atoms with Gasteiger partial charge in [-0.05, 0) is 36.1 Å². The van der Waals surface area contributed by atoms with E-state index in [4.69, 9.17) is 11.6 Å². The SMILES string of the molecule is Cc1cc2cc(CNC(=O)CCCl)ccc2[nH]1. The second-order valence-corrected chi connectivity index (χ2v) is 4.47. The summed E-state index contributed by atoms with van der Waals surface area (Å²) in [5, 5.41) is 4.01. The highest BCUT2D eigenvalue weighted by atomic mass is 35.5. The number of hydrogen-bond donors (Lipinski definition) is 2. The molecule has 1 heterocycles. The predicted molar refractivity (Wildman–Crippen MR) is 70.2 cm³/mol. The highest BCUT2D eigenvalue weighted by Gasteiger charge is 2.02. The minimum absolute atomic E-state index is 0.00894. The number of aryl methyl sites for hydroxylation is 1. The molecule has 2 rings (SSSR count). The zero-order valence-corrected chi connectivity index (χ0v) is 10.5. The van der Waals surface area contributed by atoms with Crippen molar-refractivity contribution in [1.29, 1.82) is 0 Å². The van der Waals surface area contributed by atoms with E-state index in [1.54, 1.807) is 0 Å². The second kappa shape index (κ2) is 5.23. The average Bonchev–Trinajstić information content (AvgIpc) is 2.66. The van der Waals surface area contributed by atoms with Gasteiger partial charge in [0.2, 0.25) is 5.91 Å². The van der Waals surface area contributed by atoms with Crippen LogP contribution in [0.15, 0.2) is 24.3 Å². The number of fused-ring (bicyclic) bond motifs is 1. The van der Waals surface area contributed by atoms with Crippen LogP contribution in [-0.4, -0.2) is 16.8 Å². The Morgan fingerprint density at radius 2 is 2.24 bits per heavy atom. The first-order valence-electron chi connectivity index (χ1n) is 5.60. The summed E-state index contributed by atoms with van der Waals surface area (Å²) < 4.78 is 0. The fourth-order valence-electron chi connectivity index (χ4n) is 1.81. The Bertz CT molecular complexity index is 533. The van der Waals surface area contributed by atoms with E-state index < -0.39 is 0 Å². The number of amides is 1. The number of alkyl halides is 1. The summed E-state index contributed by atoms with van der Waals surface area (Å²) in [5.74, 6) is 0.354. The summed E-state index contributed by atoms with van der Waals surface area (Å²) in [6.45, 7) is 2.58. The van der Waals surface area contributed by atoms with Gasteiger partial charge in [-0.3, -0.25) is 4.79 Å². The highest BCUT2D eigenvalue weighted by molar-refractivity contribution is 6.18. The zero-order valence-electron chi connectivity index (χ0n) is 9.72. The Labute approximate surface area is 105 Å². The van der Waals surface area contributed by atoms with Gasteiger partial charge in [-0.1, -0.05) is 6.07 Å². The van der Waals surface area contributed by atoms with Gasteiger partial charge in [0.05, 0.1) is 0 Å². The molecule has 0 aliphatic heterocycles. The number of H-pyrrole nitrogens is 1. The molecule has 0 radical (unpaired) electrons. The zero-order chi connectivity index (χ0) is 12.3. The topological polar surface area (TPSA) is 44.9 Å². The number of hydrogen-bond acceptors (Lipinski definition) is 1. The highest BCUT2D eigenvalue weighted by Crippen LogP contribution is 2.16. The van der Waals surface area contributed by atoms with Crippen LogP contribution >= 0.6 is 11.6 Å². The molecule has 0 bridgehead atoms. The van der Waals surface area contributed by atoms with Crippen molar-refractivity contribution in [1.82, 2.24) is 10.3 Å². The molecule has 90 valence electrons. The molecule has 1 aromatic heterocycles. The fraction of sp³-hybridized carbons (Fsp3) is 0.308. The van der Waals surface area contributed by atoms with Crippen LogP contribution in [0.5, 0.6) is 0 Å². The maximum absolute atomic E-state index is 11.3. The normalized spacial score (nSPS) is 10.7. The molecule has 3 nitrogen and oxygen atoms in total. The fourth-order valence-corrected chi connectivity index (χ4v) is 1.98. The smallest absolute Gasteiger partial charge is 0.221 e. The maximum atomic E-state index is 11.3. The van der Waals surface area contributed by atoms with Gasteiger partial charge in [0.1, 0.15) is 0 Å². The molecule has 0 saturated heterocycles. The lowest BCUT2D eigenvalue weighted by molar-refractivity contribution is -0.120. The molecule has 0 aliphatic carbocycles. The summed E-state index contributed by atoms with van der Waals surface area (Å²) in [6, 6.07) is 8.23. The Balaban J connectivity index is 2.06. The van der Waals surface area contributed by atoms with Gasteiger partial charge in [0.15, 0.2) is 0 Å². The lowest BCUT2D eigenvalue weighted by Crippen LogP contribution is -2.22. The maximum Gasteiger partial charge on any atom is 0.221 e. The predicted octanol–water partition coefficient (Wildman–Crippen LogP) is 2.72. The molecular weight excluding hydrogens is 236 g/mol. The van der Waals surface area contributed by atoms with Crippen molar-refractivity contribution in [3.8, 4) is 0 Å². The Morgan fingerprint density at radius 1 is 1.41 bits per heavy atom. The van der Waals surface area contributed by atoms with Gasteiger partial charge in [0.25, 0.3) is 0 Å². The van der Waals surface area contributed by atoms with Crippen LogP contribution < -0.4 is 5.32 Å². The lowest BCUT2D eigenvalue weighted by Gasteiger charge is -2.04. The van der Waals surface area contributed by atoms with Crippen molar-refractivity contribution in [2.24, 2.45) is 0 Å². The molecule has 1 aromatic carbocycles. The number of benzene rings is 1. The largest absolute Gasteiger partial charge is 0.359 e. The first-order valence-corrected chi connectivity index (χ1v) is 6.13. The van der Waals surface area contributed by atoms with Gasteiger partial charge in [0, 0.05) is 30.1 Å². The molecule has 0 unspecified atom stereocenters. The van der Waals surface area contributed by atoms with Gasteiger partial charge in [-0.15, -0.1) is 11.6 Å². The van der Waals surface area contributed by atoms with E-state index in [9.17, 15) is 4.79 Å². The van der Waals surface area contributed by atoms with Crippen molar-refractivity contribution in [3.05, 3.63) is 35.5 Å². The average molecular weight is 251 g/mol. The van der Waals surface area contributed by atoms with E-state index in [0.29, 0.717) is 18.8 Å². The third-order valence-corrected chi connectivity index (χ3v) is 2.82. The monoisotopic (exact) mass is 250 g/mol. The molecule has 2 aromatic rings. The Morgan fingerprint density at radius 3 is 3.00 bits per heavy atom. The van der Waals surface area contributed by atoms with Crippen molar-refractivity contribution < 1.29 is 4.79 Å². The third-order valence-electron chi connectivity index (χ3n) is 2.63. The summed E-state index contributed by atoms with van der Waals surface area (Å²) in [6.07, 6.45) is 0.368. The van der Waals surface area contributed by atoms with Crippen molar-refractivity contribution in [2.45, 2.75) is 19.9 Å². The molecule has 0 spiro atoms. The molecule has 4 heteroatoms. The van der Waals surface area contributed by atoms with Crippen LogP contribution in [0.2, 0.25) is 0 Å². The van der Waals surface area contributed by atoms with Crippen LogP contribution in [-0.2, 0) is 11.3 Å². The standard InChI is InChI=1S/C13H15ClN2O/c1-9-6-11-7-10(2-3-12(11)16-9)8-15-13(17)4-5-14/h2-3,6-7,16H,4-5,8H2,1H3,(H,15,17). The molecule has 2 N–H and O–H groups in total. The van der Waals surface area contributed by atoms with Gasteiger partial charge in [-0.2, -0.15) is 0 Å². The molecule has 0 atom stereocenters. The molecule has 0 saturated carbocycles. The third kappa shape index (κ3) is 3.01. The van der Waals surface area contributed by atoms with E-state index >= 15 is 0 Å². The van der Waals surface area contributed by atoms with Crippen LogP contribution in [0.25, 0.3) is 10.9 Å². The second-order valence-electron chi connectivity index (χ2n) is 4.09. The minimum Gasteiger partial charge on any atom is -0.359 e. The number of aromatic nitrogens is 1. The first-order chi connectivity index (χ1) is 8.19. The minimum atomic E-state index is -0.00894.